The molecule has 0 aromatic carbocycles. The maximum Gasteiger partial charge on any atom is 0.350 e. The van der Waals surface area contributed by atoms with Crippen LogP contribution in [0.5, 0.6) is 0 Å². The van der Waals surface area contributed by atoms with Crippen LogP contribution in [0.15, 0.2) is 4.99 Å². The summed E-state index contributed by atoms with van der Waals surface area (Å²) in [6.07, 6.45) is -1.22. The van der Waals surface area contributed by atoms with Gasteiger partial charge in [-0.3, -0.25) is 14.6 Å². The van der Waals surface area contributed by atoms with Gasteiger partial charge >= 0.3 is 11.9 Å². The zero-order chi connectivity index (χ0) is 25.5. The van der Waals surface area contributed by atoms with E-state index in [2.05, 4.69) is 10.3 Å². The number of rotatable bonds is 7. The number of likely N-dealkylation sites (N-methyl/N-ethyl adjacent to an activating group) is 1. The van der Waals surface area contributed by atoms with Gasteiger partial charge in [-0.2, -0.15) is 0 Å². The fourth-order valence-electron chi connectivity index (χ4n) is 3.55. The molecule has 0 radical (unpaired) electrons. The van der Waals surface area contributed by atoms with Gasteiger partial charge < -0.3 is 25.5 Å². The van der Waals surface area contributed by atoms with Crippen LogP contribution in [0.25, 0.3) is 0 Å². The summed E-state index contributed by atoms with van der Waals surface area (Å²) in [6.45, 7) is -3.23. The number of carbonyl (C=O) groups is 3. The molecule has 4 N–H and O–H groups in total. The van der Waals surface area contributed by atoms with Crippen LogP contribution in [0.4, 0.5) is 0 Å². The van der Waals surface area contributed by atoms with Crippen LogP contribution in [0, 0.1) is 11.8 Å². The number of nitrogens with one attached hydrogen (secondary N) is 1. The third kappa shape index (κ3) is 4.61. The molecule has 152 valence electrons. The van der Waals surface area contributed by atoms with E-state index >= 15 is 0 Å². The van der Waals surface area contributed by atoms with Crippen LogP contribution in [0.2, 0.25) is 0 Å². The monoisotopic (exact) mass is 407 g/mol. The Labute approximate surface area is 170 Å². The van der Waals surface area contributed by atoms with Crippen molar-refractivity contribution < 1.29 is 37.9 Å². The molecule has 1 saturated heterocycles. The Bertz CT molecular complexity index is 806. The minimum Gasteiger partial charge on any atom is -0.481 e. The minimum atomic E-state index is -3.17. The molecule has 0 saturated carbocycles. The zero-order valence-electron chi connectivity index (χ0n) is 20.8. The molecule has 2 aliphatic heterocycles. The largest absolute Gasteiger partial charge is 0.481 e. The van der Waals surface area contributed by atoms with E-state index in [1.54, 1.807) is 6.92 Å². The molecule has 0 aromatic rings. The average Bonchev–Trinajstić information content (AvgIpc) is 3.19. The van der Waals surface area contributed by atoms with Crippen LogP contribution in [0.1, 0.15) is 28.5 Å². The molecule has 1 unspecified atom stereocenters. The van der Waals surface area contributed by atoms with Crippen molar-refractivity contribution in [2.24, 2.45) is 16.8 Å². The van der Waals surface area contributed by atoms with E-state index in [9.17, 15) is 29.7 Å². The predicted octanol–water partition coefficient (Wildman–Crippen LogP) is -0.468. The summed E-state index contributed by atoms with van der Waals surface area (Å²) in [5.74, 6) is -5.60. The van der Waals surface area contributed by atoms with E-state index < -0.39 is 67.1 Å². The van der Waals surface area contributed by atoms with Crippen LogP contribution in [0.3, 0.4) is 0 Å². The van der Waals surface area contributed by atoms with Gasteiger partial charge in [0.15, 0.2) is 0 Å². The normalized spacial score (nSPS) is 36.9. The number of hydrogen-bond acceptors (Lipinski definition) is 7. The molecular weight excluding hydrogens is 374 g/mol. The molecule has 0 aliphatic carbocycles. The molecule has 2 aliphatic rings. The van der Waals surface area contributed by atoms with Gasteiger partial charge in [-0.25, -0.2) is 4.79 Å². The highest BCUT2D eigenvalue weighted by Crippen LogP contribution is 2.39. The summed E-state index contributed by atoms with van der Waals surface area (Å²) in [5, 5.41) is 30.6. The molecule has 2 rings (SSSR count). The quantitative estimate of drug-likeness (QED) is 0.444. The molecule has 2 heterocycles. The maximum atomic E-state index is 12.7. The van der Waals surface area contributed by atoms with Crippen molar-refractivity contribution in [1.82, 2.24) is 10.2 Å². The molecule has 27 heavy (non-hydrogen) atoms. The lowest BCUT2D eigenvalue weighted by molar-refractivity contribution is -0.146. The Morgan fingerprint density at radius 1 is 1.37 bits per heavy atom. The first-order valence-corrected chi connectivity index (χ1v) is 9.36. The number of nitrogens with zero attached hydrogens (tertiary/aromatic N) is 2. The molecular formula is C17H27N3O6S. The first-order chi connectivity index (χ1) is 15.0. The van der Waals surface area contributed by atoms with Crippen molar-refractivity contribution in [2.75, 3.05) is 20.5 Å². The van der Waals surface area contributed by atoms with Crippen molar-refractivity contribution >= 4 is 35.3 Å². The molecule has 0 spiro atoms. The second-order valence-corrected chi connectivity index (χ2v) is 8.27. The number of aliphatic imine (C=N–C) groups is 1. The van der Waals surface area contributed by atoms with Gasteiger partial charge in [0.25, 0.3) is 0 Å². The van der Waals surface area contributed by atoms with E-state index in [0.717, 1.165) is 11.8 Å². The molecule has 0 bridgehead atoms. The highest BCUT2D eigenvalue weighted by molar-refractivity contribution is 8.01. The molecule has 9 nitrogen and oxygen atoms in total. The number of aliphatic hydroxyl groups is 1. The summed E-state index contributed by atoms with van der Waals surface area (Å²) in [6, 6.07) is -2.06. The Kier molecular flexibility index (Phi) is 4.56. The second-order valence-electron chi connectivity index (χ2n) is 6.82. The number of hydrogen-bond donors (Lipinski definition) is 4. The van der Waals surface area contributed by atoms with E-state index in [1.165, 1.54) is 6.92 Å². The zero-order valence-corrected chi connectivity index (χ0v) is 15.6. The fourth-order valence-corrected chi connectivity index (χ4v) is 5.16. The third-order valence-electron chi connectivity index (χ3n) is 4.91. The molecule has 10 heteroatoms. The summed E-state index contributed by atoms with van der Waals surface area (Å²) in [4.78, 5) is 40.0. The smallest absolute Gasteiger partial charge is 0.350 e. The predicted molar refractivity (Wildman–Crippen MR) is 101 cm³/mol. The van der Waals surface area contributed by atoms with Crippen LogP contribution >= 0.6 is 11.8 Å². The van der Waals surface area contributed by atoms with Gasteiger partial charge in [0.05, 0.1) is 23.4 Å². The lowest BCUT2D eigenvalue weighted by Gasteiger charge is -2.27. The number of aliphatic carboxylic acids is 2. The average molecular weight is 408 g/mol. The SMILES string of the molecule is [2H]C([2H])([2H])N(C(=O)[C@@H]1C[C@H](S[C@@H]2C(C(=O)O)=N[C@@H]([C@H](C(=O)O)C(C)O)[C@H]2C)CN1)C([2H])([2H])[2H]. The highest BCUT2D eigenvalue weighted by atomic mass is 32.2. The lowest BCUT2D eigenvalue weighted by atomic mass is 9.86. The van der Waals surface area contributed by atoms with Gasteiger partial charge in [-0.15, -0.1) is 11.8 Å². The highest BCUT2D eigenvalue weighted by Gasteiger charge is 2.48. The van der Waals surface area contributed by atoms with E-state index in [4.69, 9.17) is 8.22 Å². The van der Waals surface area contributed by atoms with Gasteiger partial charge in [-0.05, 0) is 19.3 Å². The minimum absolute atomic E-state index is 0.0473. The topological polar surface area (TPSA) is 140 Å². The molecule has 1 fully saturated rings. The van der Waals surface area contributed by atoms with E-state index in [-0.39, 0.29) is 28.8 Å². The van der Waals surface area contributed by atoms with Crippen LogP contribution in [-0.2, 0) is 14.4 Å². The summed E-state index contributed by atoms with van der Waals surface area (Å²) >= 11 is 1.15. The summed E-state index contributed by atoms with van der Waals surface area (Å²) in [7, 11) is 0. The number of aliphatic hydroxyl groups excluding tert-OH is 1. The molecule has 0 aromatic heterocycles. The van der Waals surface area contributed by atoms with Crippen molar-refractivity contribution in [3.8, 4) is 0 Å². The van der Waals surface area contributed by atoms with Gasteiger partial charge in [-0.1, -0.05) is 6.92 Å². The first-order valence-electron chi connectivity index (χ1n) is 11.4. The maximum absolute atomic E-state index is 12.7. The Hall–Kier alpha value is -1.65. The van der Waals surface area contributed by atoms with Gasteiger partial charge in [0.1, 0.15) is 11.6 Å². The van der Waals surface area contributed by atoms with Gasteiger partial charge in [0.2, 0.25) is 5.91 Å². The Morgan fingerprint density at radius 2 is 2.04 bits per heavy atom. The number of carboxylic acids is 2. The lowest BCUT2D eigenvalue weighted by Crippen LogP contribution is -2.40. The summed E-state index contributed by atoms with van der Waals surface area (Å²) in [5.41, 5.74) is -0.245. The van der Waals surface area contributed by atoms with Crippen LogP contribution < -0.4 is 5.32 Å². The number of carbonyl (C=O) groups excluding carboxylic acids is 1. The van der Waals surface area contributed by atoms with Crippen LogP contribution in [-0.4, -0.2) is 93.0 Å². The third-order valence-corrected chi connectivity index (χ3v) is 6.60. The van der Waals surface area contributed by atoms with Crippen molar-refractivity contribution in [1.29, 1.82) is 0 Å². The van der Waals surface area contributed by atoms with Crippen molar-refractivity contribution in [3.63, 3.8) is 0 Å². The van der Waals surface area contributed by atoms with E-state index in [1.807, 2.05) is 0 Å². The second kappa shape index (κ2) is 8.57. The fraction of sp³-hybridized carbons (Fsp3) is 0.765. The molecule has 1 amide bonds. The molecule has 7 atom stereocenters. The van der Waals surface area contributed by atoms with Crippen molar-refractivity contribution in [2.45, 2.75) is 49.0 Å². The standard InChI is InChI=1S/C17H27N3O6S/c1-7-12(11(8(2)21)16(23)24)19-13(17(25)26)14(7)27-9-5-10(18-6-9)15(22)20(3)4/h7-12,14,18,21H,5-6H2,1-4H3,(H,23,24)(H,25,26)/t7-,8?,9+,10+,11-,12-,14+/m1/s1/i3D3,4D3. The van der Waals surface area contributed by atoms with Gasteiger partial charge in [0, 0.05) is 34.0 Å². The number of thioether (sulfide) groups is 1. The first kappa shape index (κ1) is 14.4. The van der Waals surface area contributed by atoms with E-state index in [0.29, 0.717) is 0 Å². The number of carboxylic acid groups (broad SMARTS) is 2. The Morgan fingerprint density at radius 3 is 2.56 bits per heavy atom. The summed E-state index contributed by atoms with van der Waals surface area (Å²) < 4.78 is 44.4. The number of amides is 1. The van der Waals surface area contributed by atoms with Crippen molar-refractivity contribution in [3.05, 3.63) is 0 Å². The Balaban J connectivity index is 2.18.